The van der Waals surface area contributed by atoms with Crippen molar-refractivity contribution in [3.05, 3.63) is 30.3 Å². The predicted molar refractivity (Wildman–Crippen MR) is 67.5 cm³/mol. The highest BCUT2D eigenvalue weighted by atomic mass is 32.2. The van der Waals surface area contributed by atoms with Crippen LogP contribution in [0.3, 0.4) is 0 Å². The van der Waals surface area contributed by atoms with Gasteiger partial charge in [-0.1, -0.05) is 18.2 Å². The summed E-state index contributed by atoms with van der Waals surface area (Å²) in [5.41, 5.74) is 0. The van der Waals surface area contributed by atoms with Crippen molar-refractivity contribution in [1.82, 2.24) is 0 Å². The van der Waals surface area contributed by atoms with Gasteiger partial charge in [0.05, 0.1) is 45.1 Å². The molecule has 5 nitrogen and oxygen atoms in total. The van der Waals surface area contributed by atoms with Crippen LogP contribution in [0.1, 0.15) is 6.42 Å². The molecule has 18 heavy (non-hydrogen) atoms. The second-order valence-corrected chi connectivity index (χ2v) is 6.07. The quantitative estimate of drug-likeness (QED) is 0.610. The Hall–Kier alpha value is -1.42. The average molecular weight is 270 g/mol. The van der Waals surface area contributed by atoms with Gasteiger partial charge in [0.15, 0.2) is 0 Å². The van der Waals surface area contributed by atoms with E-state index in [0.29, 0.717) is 6.42 Å². The molecule has 0 N–H and O–H groups in total. The van der Waals surface area contributed by atoms with Gasteiger partial charge < -0.3 is 9.04 Å². The second kappa shape index (κ2) is 7.11. The Morgan fingerprint density at radius 1 is 1.22 bits per heavy atom. The molecule has 0 heterocycles. The molecule has 0 aliphatic carbocycles. The molecule has 0 aliphatic rings. The number of hydrogen-bond acceptors (Lipinski definition) is 4. The van der Waals surface area contributed by atoms with Crippen molar-refractivity contribution in [2.45, 2.75) is 11.3 Å². The molecule has 0 radical (unpaired) electrons. The summed E-state index contributed by atoms with van der Waals surface area (Å²) in [7, 11) is 1.99. The van der Waals surface area contributed by atoms with E-state index in [4.69, 9.17) is 5.26 Å². The van der Waals surface area contributed by atoms with Crippen molar-refractivity contribution >= 4 is 10.1 Å². The number of benzene rings is 1. The Balaban J connectivity index is 0.000000331. The molecule has 0 aliphatic heterocycles. The van der Waals surface area contributed by atoms with E-state index < -0.39 is 10.1 Å². The number of nitriles is 1. The van der Waals surface area contributed by atoms with Crippen LogP contribution in [0.2, 0.25) is 0 Å². The maximum Gasteiger partial charge on any atom is 0.124 e. The third-order valence-corrected chi connectivity index (χ3v) is 2.78. The molecule has 0 spiro atoms. The maximum atomic E-state index is 10.3. The third-order valence-electron chi connectivity index (χ3n) is 1.93. The van der Waals surface area contributed by atoms with Crippen LogP contribution in [0.4, 0.5) is 0 Å². The smallest absolute Gasteiger partial charge is 0.124 e. The molecular weight excluding hydrogens is 252 g/mol. The highest BCUT2D eigenvalue weighted by Crippen LogP contribution is 2.04. The minimum atomic E-state index is -4.25. The fourth-order valence-electron chi connectivity index (χ4n) is 0.973. The van der Waals surface area contributed by atoms with E-state index in [9.17, 15) is 13.0 Å². The van der Waals surface area contributed by atoms with Crippen molar-refractivity contribution in [2.24, 2.45) is 0 Å². The van der Waals surface area contributed by atoms with Crippen molar-refractivity contribution in [3.8, 4) is 6.07 Å². The van der Waals surface area contributed by atoms with Crippen LogP contribution in [-0.2, 0) is 10.1 Å². The zero-order valence-electron chi connectivity index (χ0n) is 10.8. The van der Waals surface area contributed by atoms with Crippen LogP contribution in [0.15, 0.2) is 35.2 Å². The van der Waals surface area contributed by atoms with Gasteiger partial charge in [-0.2, -0.15) is 5.26 Å². The van der Waals surface area contributed by atoms with Gasteiger partial charge in [0, 0.05) is 0 Å². The lowest BCUT2D eigenvalue weighted by Gasteiger charge is -2.21. The first kappa shape index (κ1) is 16.6. The molecule has 0 unspecified atom stereocenters. The fraction of sp³-hybridized carbons (Fsp3) is 0.417. The normalized spacial score (nSPS) is 11.1. The minimum Gasteiger partial charge on any atom is -0.744 e. The average Bonchev–Trinajstić information content (AvgIpc) is 2.26. The maximum absolute atomic E-state index is 10.3. The van der Waals surface area contributed by atoms with Crippen LogP contribution in [0, 0.1) is 11.3 Å². The molecule has 0 saturated heterocycles. The summed E-state index contributed by atoms with van der Waals surface area (Å²) in [6.45, 7) is 0.941. The highest BCUT2D eigenvalue weighted by Gasteiger charge is 2.03. The molecule has 0 saturated carbocycles. The number of quaternary nitrogens is 1. The summed E-state index contributed by atoms with van der Waals surface area (Å²) in [6, 6.07) is 9.30. The minimum absolute atomic E-state index is 0.185. The summed E-state index contributed by atoms with van der Waals surface area (Å²) in [4.78, 5) is -0.185. The summed E-state index contributed by atoms with van der Waals surface area (Å²) in [6.07, 6.45) is 0.656. The molecule has 100 valence electrons. The van der Waals surface area contributed by atoms with Crippen molar-refractivity contribution in [3.63, 3.8) is 0 Å². The van der Waals surface area contributed by atoms with Crippen LogP contribution in [0.25, 0.3) is 0 Å². The van der Waals surface area contributed by atoms with E-state index in [-0.39, 0.29) is 4.90 Å². The SMILES string of the molecule is C[N+](C)(C)CCC#N.O=S(=O)([O-])c1ccccc1. The number of rotatable bonds is 3. The Kier molecular flexibility index (Phi) is 6.55. The standard InChI is InChI=1S/C6H13N2.C6H6O3S/c1-8(2,3)6-4-5-7;7-10(8,9)6-4-2-1-3-5-6/h4,6H2,1-3H3;1-5H,(H,7,8,9)/q+1;/p-1. The first-order valence-electron chi connectivity index (χ1n) is 5.35. The molecule has 0 amide bonds. The Morgan fingerprint density at radius 3 is 1.94 bits per heavy atom. The van der Waals surface area contributed by atoms with Crippen molar-refractivity contribution < 1.29 is 17.5 Å². The van der Waals surface area contributed by atoms with Crippen molar-refractivity contribution in [2.75, 3.05) is 27.7 Å². The van der Waals surface area contributed by atoms with Gasteiger partial charge in [-0.15, -0.1) is 0 Å². The summed E-state index contributed by atoms with van der Waals surface area (Å²) in [5.74, 6) is 0. The number of nitrogens with zero attached hydrogens (tertiary/aromatic N) is 2. The predicted octanol–water partition coefficient (Wildman–Crippen LogP) is 1.20. The van der Waals surface area contributed by atoms with E-state index in [1.54, 1.807) is 6.07 Å². The van der Waals surface area contributed by atoms with Gasteiger partial charge in [0.2, 0.25) is 0 Å². The number of hydrogen-bond donors (Lipinski definition) is 0. The summed E-state index contributed by atoms with van der Waals surface area (Å²) in [5, 5.41) is 8.17. The summed E-state index contributed by atoms with van der Waals surface area (Å²) >= 11 is 0. The molecule has 1 rings (SSSR count). The molecular formula is C12H18N2O3S. The molecule has 0 fully saturated rings. The molecule has 1 aromatic carbocycles. The lowest BCUT2D eigenvalue weighted by molar-refractivity contribution is -0.869. The van der Waals surface area contributed by atoms with Gasteiger partial charge >= 0.3 is 0 Å². The summed E-state index contributed by atoms with van der Waals surface area (Å²) < 4.78 is 31.7. The first-order chi connectivity index (χ1) is 8.17. The van der Waals surface area contributed by atoms with Gasteiger partial charge in [0.1, 0.15) is 10.1 Å². The van der Waals surface area contributed by atoms with E-state index in [2.05, 4.69) is 27.2 Å². The molecule has 6 heteroatoms. The Labute approximate surface area is 109 Å². The first-order valence-corrected chi connectivity index (χ1v) is 6.76. The van der Waals surface area contributed by atoms with Gasteiger partial charge in [-0.05, 0) is 12.1 Å². The topological polar surface area (TPSA) is 81.0 Å². The zero-order chi connectivity index (χ0) is 14.2. The molecule has 0 bridgehead atoms. The van der Waals surface area contributed by atoms with Crippen LogP contribution in [-0.4, -0.2) is 45.1 Å². The van der Waals surface area contributed by atoms with Crippen LogP contribution in [0.5, 0.6) is 0 Å². The van der Waals surface area contributed by atoms with E-state index in [1.807, 2.05) is 0 Å². The van der Waals surface area contributed by atoms with E-state index in [0.717, 1.165) is 11.0 Å². The second-order valence-electron chi connectivity index (χ2n) is 4.69. The highest BCUT2D eigenvalue weighted by molar-refractivity contribution is 7.85. The third kappa shape index (κ3) is 8.70. The Morgan fingerprint density at radius 2 is 1.72 bits per heavy atom. The van der Waals surface area contributed by atoms with Crippen molar-refractivity contribution in [1.29, 1.82) is 5.26 Å². The van der Waals surface area contributed by atoms with Crippen LogP contribution < -0.4 is 0 Å². The van der Waals surface area contributed by atoms with E-state index in [1.165, 1.54) is 24.3 Å². The Bertz CT molecular complexity index is 484. The van der Waals surface area contributed by atoms with Crippen LogP contribution >= 0.6 is 0 Å². The lowest BCUT2D eigenvalue weighted by Crippen LogP contribution is -2.34. The molecule has 0 atom stereocenters. The zero-order valence-corrected chi connectivity index (χ0v) is 11.6. The van der Waals surface area contributed by atoms with Gasteiger partial charge in [-0.3, -0.25) is 0 Å². The molecule has 0 aromatic heterocycles. The van der Waals surface area contributed by atoms with Gasteiger partial charge in [0.25, 0.3) is 0 Å². The fourth-order valence-corrected chi connectivity index (χ4v) is 1.46. The molecule has 1 aromatic rings. The largest absolute Gasteiger partial charge is 0.744 e. The monoisotopic (exact) mass is 270 g/mol. The van der Waals surface area contributed by atoms with Gasteiger partial charge in [-0.25, -0.2) is 8.42 Å². The van der Waals surface area contributed by atoms with E-state index >= 15 is 0 Å². The lowest BCUT2D eigenvalue weighted by atomic mass is 10.4.